The summed E-state index contributed by atoms with van der Waals surface area (Å²) >= 11 is 0. The van der Waals surface area contributed by atoms with Crippen LogP contribution in [0.4, 0.5) is 0 Å². The van der Waals surface area contributed by atoms with Gasteiger partial charge in [-0.1, -0.05) is 191 Å². The minimum absolute atomic E-state index is 0.0979. The van der Waals surface area contributed by atoms with Crippen molar-refractivity contribution >= 4 is 17.9 Å². The van der Waals surface area contributed by atoms with Gasteiger partial charge in [-0.2, -0.15) is 0 Å². The normalized spacial score (nSPS) is 12.5. The molecular weight excluding hydrogens is 709 g/mol. The molecule has 328 valence electrons. The van der Waals surface area contributed by atoms with E-state index in [0.29, 0.717) is 25.7 Å². The number of carbonyl (C=O) groups excluding carboxylic acids is 3. The van der Waals surface area contributed by atoms with E-state index in [1.54, 1.807) is 0 Å². The number of rotatable bonds is 42. The lowest BCUT2D eigenvalue weighted by molar-refractivity contribution is -0.167. The molecule has 0 saturated carbocycles. The molecule has 0 heterocycles. The second kappa shape index (κ2) is 45.8. The number of ether oxygens (including phenoxy) is 3. The first-order valence-electron chi connectivity index (χ1n) is 23.8. The zero-order valence-electron chi connectivity index (χ0n) is 37.3. The molecule has 0 bridgehead atoms. The standard InChI is InChI=1S/C51H88O6/c1-4-7-10-13-16-19-21-23-25-26-28-29-32-35-38-41-44-50(53)56-47-48(46-55-49(52)43-40-37-34-31-18-15-12-9-6-3)57-51(54)45-42-39-36-33-30-27-24-22-20-17-14-11-8-5-2/h7,10,16,19,23,25,28-29,31,34,48H,4-6,8-9,11-15,17-18,20-22,24,26-27,30,32-33,35-47H2,1-3H3/b10-7-,19-16-,25-23-,29-28-,34-31-. The lowest BCUT2D eigenvalue weighted by Gasteiger charge is -2.18. The molecule has 0 aliphatic carbocycles. The van der Waals surface area contributed by atoms with Crippen molar-refractivity contribution < 1.29 is 28.6 Å². The second-order valence-corrected chi connectivity index (χ2v) is 15.6. The van der Waals surface area contributed by atoms with Crippen LogP contribution in [0.15, 0.2) is 60.8 Å². The summed E-state index contributed by atoms with van der Waals surface area (Å²) in [5.74, 6) is -0.961. The monoisotopic (exact) mass is 797 g/mol. The van der Waals surface area contributed by atoms with Crippen LogP contribution >= 0.6 is 0 Å². The molecule has 0 aromatic heterocycles. The number of hydrogen-bond donors (Lipinski definition) is 0. The lowest BCUT2D eigenvalue weighted by atomic mass is 10.0. The quantitative estimate of drug-likeness (QED) is 0.0265. The number of hydrogen-bond acceptors (Lipinski definition) is 6. The number of carbonyl (C=O) groups is 3. The Balaban J connectivity index is 4.41. The Morgan fingerprint density at radius 3 is 1.18 bits per heavy atom. The predicted molar refractivity (Wildman–Crippen MR) is 242 cm³/mol. The molecule has 0 rings (SSSR count). The molecule has 0 spiro atoms. The van der Waals surface area contributed by atoms with Crippen LogP contribution in [0, 0.1) is 0 Å². The van der Waals surface area contributed by atoms with Crippen LogP contribution in [0.1, 0.15) is 226 Å². The van der Waals surface area contributed by atoms with Crippen LogP contribution in [0.2, 0.25) is 0 Å². The van der Waals surface area contributed by atoms with Gasteiger partial charge in [-0.25, -0.2) is 0 Å². The van der Waals surface area contributed by atoms with Crippen LogP contribution in [0.5, 0.6) is 0 Å². The predicted octanol–water partition coefficient (Wildman–Crippen LogP) is 15.3. The van der Waals surface area contributed by atoms with E-state index in [4.69, 9.17) is 14.2 Å². The summed E-state index contributed by atoms with van der Waals surface area (Å²) in [6.45, 7) is 6.43. The van der Waals surface area contributed by atoms with E-state index in [9.17, 15) is 14.4 Å². The maximum absolute atomic E-state index is 12.7. The van der Waals surface area contributed by atoms with Crippen LogP contribution < -0.4 is 0 Å². The highest BCUT2D eigenvalue weighted by molar-refractivity contribution is 5.71. The Kier molecular flexibility index (Phi) is 43.5. The van der Waals surface area contributed by atoms with Crippen molar-refractivity contribution in [2.24, 2.45) is 0 Å². The van der Waals surface area contributed by atoms with Gasteiger partial charge in [0.25, 0.3) is 0 Å². The molecule has 6 nitrogen and oxygen atoms in total. The first-order valence-corrected chi connectivity index (χ1v) is 23.8. The van der Waals surface area contributed by atoms with E-state index < -0.39 is 6.10 Å². The Bertz CT molecular complexity index is 1050. The van der Waals surface area contributed by atoms with Crippen LogP contribution in [0.25, 0.3) is 0 Å². The Morgan fingerprint density at radius 1 is 0.368 bits per heavy atom. The van der Waals surface area contributed by atoms with E-state index in [2.05, 4.69) is 81.5 Å². The Morgan fingerprint density at radius 2 is 0.702 bits per heavy atom. The third-order valence-corrected chi connectivity index (χ3v) is 10.0. The summed E-state index contributed by atoms with van der Waals surface area (Å²) in [5, 5.41) is 0. The van der Waals surface area contributed by atoms with E-state index in [1.807, 2.05) is 0 Å². The fraction of sp³-hybridized carbons (Fsp3) is 0.745. The summed E-state index contributed by atoms with van der Waals surface area (Å²) in [6.07, 6.45) is 55.0. The average Bonchev–Trinajstić information content (AvgIpc) is 3.21. The molecule has 0 fully saturated rings. The Labute approximate surface area is 351 Å². The molecule has 6 heteroatoms. The average molecular weight is 797 g/mol. The second-order valence-electron chi connectivity index (χ2n) is 15.6. The smallest absolute Gasteiger partial charge is 0.306 e. The van der Waals surface area contributed by atoms with Gasteiger partial charge >= 0.3 is 17.9 Å². The largest absolute Gasteiger partial charge is 0.462 e. The topological polar surface area (TPSA) is 78.9 Å². The van der Waals surface area contributed by atoms with Gasteiger partial charge in [0.05, 0.1) is 0 Å². The third kappa shape index (κ3) is 44.1. The zero-order valence-corrected chi connectivity index (χ0v) is 37.3. The van der Waals surface area contributed by atoms with Crippen molar-refractivity contribution in [2.45, 2.75) is 232 Å². The highest BCUT2D eigenvalue weighted by Gasteiger charge is 2.19. The van der Waals surface area contributed by atoms with E-state index in [-0.39, 0.29) is 31.1 Å². The van der Waals surface area contributed by atoms with E-state index in [1.165, 1.54) is 96.3 Å². The molecule has 0 aliphatic rings. The van der Waals surface area contributed by atoms with Crippen molar-refractivity contribution in [2.75, 3.05) is 13.2 Å². The molecule has 0 saturated heterocycles. The molecule has 0 N–H and O–H groups in total. The van der Waals surface area contributed by atoms with Gasteiger partial charge in [0, 0.05) is 19.3 Å². The Hall–Kier alpha value is -2.89. The minimum Gasteiger partial charge on any atom is -0.462 e. The van der Waals surface area contributed by atoms with Crippen molar-refractivity contribution in [1.82, 2.24) is 0 Å². The summed E-state index contributed by atoms with van der Waals surface area (Å²) in [4.78, 5) is 37.7. The zero-order chi connectivity index (χ0) is 41.5. The van der Waals surface area contributed by atoms with Gasteiger partial charge in [0.1, 0.15) is 13.2 Å². The lowest BCUT2D eigenvalue weighted by Crippen LogP contribution is -2.30. The van der Waals surface area contributed by atoms with Gasteiger partial charge in [0.2, 0.25) is 0 Å². The molecule has 0 radical (unpaired) electrons. The molecule has 0 amide bonds. The molecule has 0 aliphatic heterocycles. The number of allylic oxidation sites excluding steroid dienone is 10. The van der Waals surface area contributed by atoms with Gasteiger partial charge in [-0.05, 0) is 77.0 Å². The van der Waals surface area contributed by atoms with E-state index >= 15 is 0 Å². The number of esters is 3. The molecule has 1 unspecified atom stereocenters. The fourth-order valence-corrected chi connectivity index (χ4v) is 6.44. The summed E-state index contributed by atoms with van der Waals surface area (Å²) in [5.41, 5.74) is 0. The first kappa shape index (κ1) is 54.1. The third-order valence-electron chi connectivity index (χ3n) is 10.0. The van der Waals surface area contributed by atoms with Gasteiger partial charge in [-0.3, -0.25) is 14.4 Å². The van der Waals surface area contributed by atoms with Crippen molar-refractivity contribution in [3.8, 4) is 0 Å². The molecule has 0 aromatic rings. The summed E-state index contributed by atoms with van der Waals surface area (Å²) < 4.78 is 16.7. The first-order chi connectivity index (χ1) is 28.0. The van der Waals surface area contributed by atoms with Crippen molar-refractivity contribution in [3.05, 3.63) is 60.8 Å². The maximum atomic E-state index is 12.7. The molecule has 57 heavy (non-hydrogen) atoms. The number of unbranched alkanes of at least 4 members (excludes halogenated alkanes) is 21. The van der Waals surface area contributed by atoms with Crippen LogP contribution in [-0.4, -0.2) is 37.2 Å². The summed E-state index contributed by atoms with van der Waals surface area (Å²) in [7, 11) is 0. The van der Waals surface area contributed by atoms with E-state index in [0.717, 1.165) is 83.5 Å². The SMILES string of the molecule is CC/C=C\C/C=C\C/C=C\C/C=C\CCCCCC(=O)OCC(COC(=O)CCC/C=C\CCCCCC)OC(=O)CCCCCCCCCCCCCCCC. The minimum atomic E-state index is -0.793. The van der Waals surface area contributed by atoms with Gasteiger partial charge in [-0.15, -0.1) is 0 Å². The van der Waals surface area contributed by atoms with Crippen LogP contribution in [0.3, 0.4) is 0 Å². The molecule has 0 aromatic carbocycles. The molecule has 1 atom stereocenters. The van der Waals surface area contributed by atoms with Crippen LogP contribution in [-0.2, 0) is 28.6 Å². The molecular formula is C51H88O6. The van der Waals surface area contributed by atoms with Crippen molar-refractivity contribution in [3.63, 3.8) is 0 Å². The highest BCUT2D eigenvalue weighted by atomic mass is 16.6. The van der Waals surface area contributed by atoms with Gasteiger partial charge < -0.3 is 14.2 Å². The fourth-order valence-electron chi connectivity index (χ4n) is 6.44. The summed E-state index contributed by atoms with van der Waals surface area (Å²) in [6, 6.07) is 0. The highest BCUT2D eigenvalue weighted by Crippen LogP contribution is 2.14. The van der Waals surface area contributed by atoms with Gasteiger partial charge in [0.15, 0.2) is 6.10 Å². The van der Waals surface area contributed by atoms with Crippen molar-refractivity contribution in [1.29, 1.82) is 0 Å². The maximum Gasteiger partial charge on any atom is 0.306 e.